The summed E-state index contributed by atoms with van der Waals surface area (Å²) in [6.07, 6.45) is -0.227. The number of aryl methyl sites for hydroxylation is 2. The van der Waals surface area contributed by atoms with Gasteiger partial charge in [-0.3, -0.25) is 0 Å². The molecule has 0 atom stereocenters. The van der Waals surface area contributed by atoms with Gasteiger partial charge in [0.25, 0.3) is 0 Å². The highest BCUT2D eigenvalue weighted by Gasteiger charge is 2.26. The molecule has 2 fully saturated rings. The molecule has 0 aliphatic carbocycles. The largest absolute Gasteiger partial charge is 0.444 e. The van der Waals surface area contributed by atoms with Gasteiger partial charge in [0.1, 0.15) is 17.2 Å². The second-order valence-corrected chi connectivity index (χ2v) is 9.47. The van der Waals surface area contributed by atoms with Crippen molar-refractivity contribution in [2.24, 2.45) is 0 Å². The van der Waals surface area contributed by atoms with Crippen LogP contribution in [0, 0.1) is 13.8 Å². The van der Waals surface area contributed by atoms with E-state index < -0.39 is 5.60 Å². The number of carbonyl (C=O) groups excluding carboxylic acids is 1. The molecule has 8 nitrogen and oxygen atoms in total. The third-order valence-electron chi connectivity index (χ3n) is 5.44. The Morgan fingerprint density at radius 1 is 0.824 bits per heavy atom. The maximum absolute atomic E-state index is 12.0. The van der Waals surface area contributed by atoms with E-state index in [1.54, 1.807) is 4.90 Å². The molecular formula is C25H39ClN6O2. The quantitative estimate of drug-likeness (QED) is 0.688. The zero-order chi connectivity index (χ0) is 23.8. The normalized spacial score (nSPS) is 16.2. The van der Waals surface area contributed by atoms with Crippen molar-refractivity contribution in [2.75, 3.05) is 62.2 Å². The molecule has 2 aromatic rings. The van der Waals surface area contributed by atoms with Gasteiger partial charge in [-0.2, -0.15) is 0 Å². The zero-order valence-electron chi connectivity index (χ0n) is 21.1. The Morgan fingerprint density at radius 3 is 1.74 bits per heavy atom. The molecule has 1 amide bonds. The van der Waals surface area contributed by atoms with Crippen LogP contribution in [0.4, 0.5) is 16.4 Å². The summed E-state index contributed by atoms with van der Waals surface area (Å²) >= 11 is 0. The molecule has 0 unspecified atom stereocenters. The summed E-state index contributed by atoms with van der Waals surface area (Å²) in [6.45, 7) is 16.9. The number of rotatable bonds is 2. The van der Waals surface area contributed by atoms with E-state index >= 15 is 0 Å². The van der Waals surface area contributed by atoms with Crippen LogP contribution in [0.2, 0.25) is 0 Å². The van der Waals surface area contributed by atoms with Gasteiger partial charge in [0.05, 0.1) is 0 Å². The summed E-state index contributed by atoms with van der Waals surface area (Å²) < 4.78 is 5.39. The van der Waals surface area contributed by atoms with E-state index in [1.165, 1.54) is 0 Å². The van der Waals surface area contributed by atoms with E-state index in [1.807, 2.05) is 58.9 Å². The van der Waals surface area contributed by atoms with Crippen LogP contribution < -0.4 is 15.1 Å². The van der Waals surface area contributed by atoms with Crippen molar-refractivity contribution >= 4 is 30.1 Å². The SMILES string of the molecule is Cc1cccc(N2CCN(C(=O)OC(C)(C)C)CC2)n1.Cc1cccc(N2CCNCC2)n1.Cl. The minimum atomic E-state index is -0.438. The Kier molecular flexibility index (Phi) is 10.4. The highest BCUT2D eigenvalue weighted by molar-refractivity contribution is 5.85. The number of halogens is 1. The Balaban J connectivity index is 0.000000253. The smallest absolute Gasteiger partial charge is 0.410 e. The van der Waals surface area contributed by atoms with Gasteiger partial charge < -0.3 is 24.8 Å². The molecule has 2 aromatic heterocycles. The number of ether oxygens (including phenoxy) is 1. The summed E-state index contributed by atoms with van der Waals surface area (Å²) in [5.74, 6) is 2.09. The zero-order valence-corrected chi connectivity index (χ0v) is 21.9. The van der Waals surface area contributed by atoms with Gasteiger partial charge in [-0.1, -0.05) is 12.1 Å². The maximum atomic E-state index is 12.0. The van der Waals surface area contributed by atoms with Crippen molar-refractivity contribution in [1.29, 1.82) is 0 Å². The van der Waals surface area contributed by atoms with Crippen LogP contribution in [0.1, 0.15) is 32.2 Å². The Hall–Kier alpha value is -2.58. The first-order valence-corrected chi connectivity index (χ1v) is 11.8. The molecule has 4 heterocycles. The maximum Gasteiger partial charge on any atom is 0.410 e. The molecule has 4 rings (SSSR count). The topological polar surface area (TPSA) is 73.8 Å². The van der Waals surface area contributed by atoms with Crippen molar-refractivity contribution in [3.05, 3.63) is 47.8 Å². The van der Waals surface area contributed by atoms with Crippen molar-refractivity contribution < 1.29 is 9.53 Å². The predicted octanol–water partition coefficient (Wildman–Crippen LogP) is 3.67. The van der Waals surface area contributed by atoms with E-state index in [0.717, 1.165) is 62.3 Å². The van der Waals surface area contributed by atoms with Crippen LogP contribution in [0.5, 0.6) is 0 Å². The number of aromatic nitrogens is 2. The van der Waals surface area contributed by atoms with Crippen molar-refractivity contribution in [3.8, 4) is 0 Å². The Bertz CT molecular complexity index is 906. The van der Waals surface area contributed by atoms with Gasteiger partial charge in [-0.15, -0.1) is 12.4 Å². The molecule has 9 heteroatoms. The average Bonchev–Trinajstić information content (AvgIpc) is 2.79. The van der Waals surface area contributed by atoms with Gasteiger partial charge in [-0.25, -0.2) is 14.8 Å². The Labute approximate surface area is 210 Å². The fourth-order valence-electron chi connectivity index (χ4n) is 3.75. The van der Waals surface area contributed by atoms with E-state index in [2.05, 4.69) is 37.2 Å². The van der Waals surface area contributed by atoms with Crippen LogP contribution in [0.25, 0.3) is 0 Å². The number of hydrogen-bond acceptors (Lipinski definition) is 7. The third kappa shape index (κ3) is 8.65. The van der Waals surface area contributed by atoms with Gasteiger partial charge in [0, 0.05) is 63.7 Å². The molecule has 0 saturated carbocycles. The average molecular weight is 491 g/mol. The molecular weight excluding hydrogens is 452 g/mol. The van der Waals surface area contributed by atoms with E-state index in [-0.39, 0.29) is 18.5 Å². The van der Waals surface area contributed by atoms with Crippen LogP contribution >= 0.6 is 12.4 Å². The van der Waals surface area contributed by atoms with Gasteiger partial charge in [-0.05, 0) is 58.9 Å². The lowest BCUT2D eigenvalue weighted by molar-refractivity contribution is 0.0240. The highest BCUT2D eigenvalue weighted by atomic mass is 35.5. The number of nitrogens with one attached hydrogen (secondary N) is 1. The monoisotopic (exact) mass is 490 g/mol. The molecule has 0 radical (unpaired) electrons. The lowest BCUT2D eigenvalue weighted by Gasteiger charge is -2.36. The molecule has 0 bridgehead atoms. The predicted molar refractivity (Wildman–Crippen MR) is 140 cm³/mol. The molecule has 0 aromatic carbocycles. The summed E-state index contributed by atoms with van der Waals surface area (Å²) in [6, 6.07) is 12.2. The van der Waals surface area contributed by atoms with Gasteiger partial charge >= 0.3 is 6.09 Å². The third-order valence-corrected chi connectivity index (χ3v) is 5.44. The van der Waals surface area contributed by atoms with Crippen molar-refractivity contribution in [1.82, 2.24) is 20.2 Å². The van der Waals surface area contributed by atoms with Gasteiger partial charge in [0.2, 0.25) is 0 Å². The number of anilines is 2. The summed E-state index contributed by atoms with van der Waals surface area (Å²) in [5.41, 5.74) is 1.67. The van der Waals surface area contributed by atoms with Crippen LogP contribution in [-0.4, -0.2) is 78.9 Å². The summed E-state index contributed by atoms with van der Waals surface area (Å²) in [5, 5.41) is 3.33. The number of hydrogen-bond donors (Lipinski definition) is 1. The summed E-state index contributed by atoms with van der Waals surface area (Å²) in [4.78, 5) is 27.3. The molecule has 188 valence electrons. The minimum Gasteiger partial charge on any atom is -0.444 e. The second-order valence-electron chi connectivity index (χ2n) is 9.47. The van der Waals surface area contributed by atoms with Crippen LogP contribution in [0.3, 0.4) is 0 Å². The van der Waals surface area contributed by atoms with E-state index in [9.17, 15) is 4.79 Å². The van der Waals surface area contributed by atoms with Gasteiger partial charge in [0.15, 0.2) is 0 Å². The van der Waals surface area contributed by atoms with Crippen LogP contribution in [0.15, 0.2) is 36.4 Å². The fourth-order valence-corrected chi connectivity index (χ4v) is 3.75. The molecule has 1 N–H and O–H groups in total. The first kappa shape index (κ1) is 27.7. The lowest BCUT2D eigenvalue weighted by atomic mass is 10.2. The summed E-state index contributed by atoms with van der Waals surface area (Å²) in [7, 11) is 0. The lowest BCUT2D eigenvalue weighted by Crippen LogP contribution is -2.50. The molecule has 2 aliphatic heterocycles. The van der Waals surface area contributed by atoms with E-state index in [4.69, 9.17) is 4.74 Å². The number of carbonyl (C=O) groups is 1. The van der Waals surface area contributed by atoms with Crippen molar-refractivity contribution in [2.45, 2.75) is 40.2 Å². The standard InChI is InChI=1S/C15H23N3O2.C10H15N3.ClH/c1-12-6-5-7-13(16-12)17-8-10-18(11-9-17)14(19)20-15(2,3)4;1-9-3-2-4-10(12-9)13-7-5-11-6-8-13;/h5-7H,8-11H2,1-4H3;2-4,11H,5-8H2,1H3;1H. The first-order chi connectivity index (χ1) is 15.7. The molecule has 2 aliphatic rings. The number of nitrogens with zero attached hydrogens (tertiary/aromatic N) is 5. The number of pyridine rings is 2. The van der Waals surface area contributed by atoms with Crippen molar-refractivity contribution in [3.63, 3.8) is 0 Å². The molecule has 2 saturated heterocycles. The van der Waals surface area contributed by atoms with Crippen LogP contribution in [-0.2, 0) is 4.74 Å². The highest BCUT2D eigenvalue weighted by Crippen LogP contribution is 2.16. The number of piperazine rings is 2. The first-order valence-electron chi connectivity index (χ1n) is 11.8. The Morgan fingerprint density at radius 2 is 1.29 bits per heavy atom. The number of amides is 1. The fraction of sp³-hybridized carbons (Fsp3) is 0.560. The molecule has 0 spiro atoms. The van der Waals surface area contributed by atoms with E-state index in [0.29, 0.717) is 13.1 Å². The second kappa shape index (κ2) is 12.8. The minimum absolute atomic E-state index is 0. The molecule has 34 heavy (non-hydrogen) atoms.